The van der Waals surface area contributed by atoms with Gasteiger partial charge in [0.2, 0.25) is 0 Å². The molecule has 0 aliphatic heterocycles. The van der Waals surface area contributed by atoms with Crippen LogP contribution in [-0.4, -0.2) is 0 Å². The molecule has 0 spiro atoms. The molecule has 0 saturated heterocycles. The molecule has 0 fully saturated rings. The maximum absolute atomic E-state index is 6.13. The Hall–Kier alpha value is -1.19. The SMILES string of the molecule is Cc1cccc(OCc2ccc(Br)cc2Cl)c1N. The molecular formula is C14H13BrClNO. The van der Waals surface area contributed by atoms with Gasteiger partial charge in [0.05, 0.1) is 5.69 Å². The third-order valence-electron chi connectivity index (χ3n) is 2.68. The number of para-hydroxylation sites is 1. The number of anilines is 1. The zero-order chi connectivity index (χ0) is 13.1. The van der Waals surface area contributed by atoms with Crippen molar-refractivity contribution >= 4 is 33.2 Å². The summed E-state index contributed by atoms with van der Waals surface area (Å²) in [5, 5.41) is 0.676. The summed E-state index contributed by atoms with van der Waals surface area (Å²) in [5.74, 6) is 0.689. The molecule has 2 aromatic rings. The van der Waals surface area contributed by atoms with Gasteiger partial charge in [-0.25, -0.2) is 0 Å². The van der Waals surface area contributed by atoms with Crippen LogP contribution in [0, 0.1) is 6.92 Å². The molecule has 0 saturated carbocycles. The Morgan fingerprint density at radius 2 is 2.06 bits per heavy atom. The molecule has 18 heavy (non-hydrogen) atoms. The van der Waals surface area contributed by atoms with Crippen LogP contribution < -0.4 is 10.5 Å². The molecular weight excluding hydrogens is 314 g/mol. The Morgan fingerprint density at radius 1 is 1.28 bits per heavy atom. The fourth-order valence-electron chi connectivity index (χ4n) is 1.57. The van der Waals surface area contributed by atoms with Crippen LogP contribution in [0.2, 0.25) is 5.02 Å². The van der Waals surface area contributed by atoms with E-state index in [1.54, 1.807) is 0 Å². The van der Waals surface area contributed by atoms with Crippen LogP contribution in [0.1, 0.15) is 11.1 Å². The lowest BCUT2D eigenvalue weighted by Crippen LogP contribution is -2.00. The molecule has 2 nitrogen and oxygen atoms in total. The molecule has 2 aromatic carbocycles. The van der Waals surface area contributed by atoms with Crippen LogP contribution in [0.15, 0.2) is 40.9 Å². The van der Waals surface area contributed by atoms with E-state index in [0.29, 0.717) is 23.1 Å². The van der Waals surface area contributed by atoms with E-state index < -0.39 is 0 Å². The highest BCUT2D eigenvalue weighted by molar-refractivity contribution is 9.10. The number of ether oxygens (including phenoxy) is 1. The Bertz CT molecular complexity index is 572. The quantitative estimate of drug-likeness (QED) is 0.838. The first-order chi connectivity index (χ1) is 8.58. The zero-order valence-corrected chi connectivity index (χ0v) is 12.3. The fraction of sp³-hybridized carbons (Fsp3) is 0.143. The normalized spacial score (nSPS) is 10.4. The number of aryl methyl sites for hydroxylation is 1. The minimum Gasteiger partial charge on any atom is -0.487 e. The molecule has 0 aliphatic carbocycles. The molecule has 0 atom stereocenters. The lowest BCUT2D eigenvalue weighted by Gasteiger charge is -2.11. The second kappa shape index (κ2) is 5.63. The van der Waals surface area contributed by atoms with E-state index in [9.17, 15) is 0 Å². The van der Waals surface area contributed by atoms with Gasteiger partial charge in [0.25, 0.3) is 0 Å². The molecule has 4 heteroatoms. The molecule has 0 aromatic heterocycles. The summed E-state index contributed by atoms with van der Waals surface area (Å²) >= 11 is 9.49. The molecule has 0 unspecified atom stereocenters. The summed E-state index contributed by atoms with van der Waals surface area (Å²) in [6.45, 7) is 2.36. The summed E-state index contributed by atoms with van der Waals surface area (Å²) in [7, 11) is 0. The lowest BCUT2D eigenvalue weighted by molar-refractivity contribution is 0.308. The zero-order valence-electron chi connectivity index (χ0n) is 9.91. The minimum absolute atomic E-state index is 0.403. The highest BCUT2D eigenvalue weighted by Crippen LogP contribution is 2.27. The summed E-state index contributed by atoms with van der Waals surface area (Å²) < 4.78 is 6.65. The summed E-state index contributed by atoms with van der Waals surface area (Å²) in [4.78, 5) is 0. The first-order valence-corrected chi connectivity index (χ1v) is 6.67. The monoisotopic (exact) mass is 325 g/mol. The van der Waals surface area contributed by atoms with Crippen molar-refractivity contribution < 1.29 is 4.74 Å². The van der Waals surface area contributed by atoms with Gasteiger partial charge in [0.1, 0.15) is 12.4 Å². The van der Waals surface area contributed by atoms with E-state index in [1.807, 2.05) is 43.3 Å². The van der Waals surface area contributed by atoms with E-state index in [0.717, 1.165) is 15.6 Å². The highest BCUT2D eigenvalue weighted by Gasteiger charge is 2.05. The number of halogens is 2. The predicted octanol–water partition coefficient (Wildman–Crippen LogP) is 4.57. The number of nitrogen functional groups attached to an aromatic ring is 1. The summed E-state index contributed by atoms with van der Waals surface area (Å²) in [5.41, 5.74) is 8.56. The van der Waals surface area contributed by atoms with E-state index in [4.69, 9.17) is 22.1 Å². The van der Waals surface area contributed by atoms with Crippen LogP contribution in [-0.2, 0) is 6.61 Å². The average molecular weight is 327 g/mol. The topological polar surface area (TPSA) is 35.2 Å². The molecule has 0 amide bonds. The number of benzene rings is 2. The Labute approximate surface area is 120 Å². The fourth-order valence-corrected chi connectivity index (χ4v) is 2.30. The van der Waals surface area contributed by atoms with E-state index in [-0.39, 0.29) is 0 Å². The van der Waals surface area contributed by atoms with Crippen molar-refractivity contribution in [2.24, 2.45) is 0 Å². The third-order valence-corrected chi connectivity index (χ3v) is 3.53. The van der Waals surface area contributed by atoms with Crippen LogP contribution in [0.4, 0.5) is 5.69 Å². The van der Waals surface area contributed by atoms with Crippen LogP contribution in [0.3, 0.4) is 0 Å². The van der Waals surface area contributed by atoms with Crippen molar-refractivity contribution in [3.8, 4) is 5.75 Å². The molecule has 94 valence electrons. The number of hydrogen-bond donors (Lipinski definition) is 1. The second-order valence-electron chi connectivity index (χ2n) is 4.01. The Balaban J connectivity index is 2.14. The van der Waals surface area contributed by atoms with Crippen molar-refractivity contribution in [1.82, 2.24) is 0 Å². The molecule has 2 rings (SSSR count). The van der Waals surface area contributed by atoms with Crippen LogP contribution >= 0.6 is 27.5 Å². The maximum atomic E-state index is 6.13. The van der Waals surface area contributed by atoms with Crippen molar-refractivity contribution in [1.29, 1.82) is 0 Å². The van der Waals surface area contributed by atoms with Gasteiger partial charge in [-0.2, -0.15) is 0 Å². The van der Waals surface area contributed by atoms with Gasteiger partial charge >= 0.3 is 0 Å². The van der Waals surface area contributed by atoms with Crippen molar-refractivity contribution in [3.05, 3.63) is 57.0 Å². The van der Waals surface area contributed by atoms with Gasteiger partial charge in [-0.15, -0.1) is 0 Å². The van der Waals surface area contributed by atoms with Gasteiger partial charge in [-0.1, -0.05) is 45.7 Å². The number of nitrogens with two attached hydrogens (primary N) is 1. The molecule has 0 aliphatic rings. The Morgan fingerprint density at radius 3 is 2.78 bits per heavy atom. The maximum Gasteiger partial charge on any atom is 0.142 e. The summed E-state index contributed by atoms with van der Waals surface area (Å²) in [6, 6.07) is 11.4. The first-order valence-electron chi connectivity index (χ1n) is 5.50. The van der Waals surface area contributed by atoms with Crippen molar-refractivity contribution in [3.63, 3.8) is 0 Å². The predicted molar refractivity (Wildman–Crippen MR) is 79.1 cm³/mol. The van der Waals surface area contributed by atoms with Crippen molar-refractivity contribution in [2.45, 2.75) is 13.5 Å². The largest absolute Gasteiger partial charge is 0.487 e. The molecule has 0 bridgehead atoms. The van der Waals surface area contributed by atoms with E-state index >= 15 is 0 Å². The standard InChI is InChI=1S/C14H13BrClNO/c1-9-3-2-4-13(14(9)17)18-8-10-5-6-11(15)7-12(10)16/h2-7H,8,17H2,1H3. The van der Waals surface area contributed by atoms with Gasteiger partial charge in [0, 0.05) is 15.1 Å². The van der Waals surface area contributed by atoms with Gasteiger partial charge in [0.15, 0.2) is 0 Å². The van der Waals surface area contributed by atoms with Crippen molar-refractivity contribution in [2.75, 3.05) is 5.73 Å². The summed E-state index contributed by atoms with van der Waals surface area (Å²) in [6.07, 6.45) is 0. The Kier molecular flexibility index (Phi) is 4.15. The van der Waals surface area contributed by atoms with E-state index in [2.05, 4.69) is 15.9 Å². The lowest BCUT2D eigenvalue weighted by atomic mass is 10.2. The van der Waals surface area contributed by atoms with E-state index in [1.165, 1.54) is 0 Å². The third kappa shape index (κ3) is 2.98. The smallest absolute Gasteiger partial charge is 0.142 e. The number of rotatable bonds is 3. The van der Waals surface area contributed by atoms with Gasteiger partial charge < -0.3 is 10.5 Å². The van der Waals surface area contributed by atoms with Crippen LogP contribution in [0.5, 0.6) is 5.75 Å². The molecule has 2 N–H and O–H groups in total. The van der Waals surface area contributed by atoms with Gasteiger partial charge in [-0.05, 0) is 30.7 Å². The van der Waals surface area contributed by atoms with Crippen LogP contribution in [0.25, 0.3) is 0 Å². The molecule has 0 heterocycles. The first kappa shape index (κ1) is 13.2. The number of hydrogen-bond acceptors (Lipinski definition) is 2. The highest BCUT2D eigenvalue weighted by atomic mass is 79.9. The average Bonchev–Trinajstić information content (AvgIpc) is 2.33. The minimum atomic E-state index is 0.403. The van der Waals surface area contributed by atoms with Gasteiger partial charge in [-0.3, -0.25) is 0 Å². The molecule has 0 radical (unpaired) electrons. The second-order valence-corrected chi connectivity index (χ2v) is 5.33.